The summed E-state index contributed by atoms with van der Waals surface area (Å²) in [5.74, 6) is -0.885. The quantitative estimate of drug-likeness (QED) is 0.573. The van der Waals surface area contributed by atoms with Crippen molar-refractivity contribution >= 4 is 5.97 Å². The van der Waals surface area contributed by atoms with E-state index in [4.69, 9.17) is 4.74 Å². The number of esters is 1. The maximum Gasteiger partial charge on any atom is 0.343 e. The summed E-state index contributed by atoms with van der Waals surface area (Å²) in [5, 5.41) is 0. The van der Waals surface area contributed by atoms with Gasteiger partial charge in [0.15, 0.2) is 0 Å². The molecule has 0 unspecified atom stereocenters. The van der Waals surface area contributed by atoms with Gasteiger partial charge in [-0.05, 0) is 24.3 Å². The van der Waals surface area contributed by atoms with Crippen molar-refractivity contribution in [2.75, 3.05) is 0 Å². The Morgan fingerprint density at radius 1 is 1.12 bits per heavy atom. The van der Waals surface area contributed by atoms with Gasteiger partial charge < -0.3 is 4.74 Å². The van der Waals surface area contributed by atoms with Crippen LogP contribution >= 0.6 is 0 Å². The zero-order valence-corrected chi connectivity index (χ0v) is 8.26. The lowest BCUT2D eigenvalue weighted by atomic mass is 10.2. The van der Waals surface area contributed by atoms with Crippen LogP contribution < -0.4 is 4.74 Å². The molecule has 16 heavy (non-hydrogen) atoms. The summed E-state index contributed by atoms with van der Waals surface area (Å²) in [5.41, 5.74) is 0.437. The molecule has 0 aliphatic carbocycles. The van der Waals surface area contributed by atoms with Crippen molar-refractivity contribution in [1.82, 2.24) is 4.98 Å². The largest absolute Gasteiger partial charge is 0.421 e. The van der Waals surface area contributed by atoms with Gasteiger partial charge in [0, 0.05) is 0 Å². The summed E-state index contributed by atoms with van der Waals surface area (Å²) in [6.45, 7) is 0. The predicted octanol–water partition coefficient (Wildman–Crippen LogP) is 2.44. The lowest BCUT2D eigenvalue weighted by Gasteiger charge is -2.02. The third-order valence-corrected chi connectivity index (χ3v) is 1.92. The highest BCUT2D eigenvalue weighted by atomic mass is 19.1. The van der Waals surface area contributed by atoms with Crippen LogP contribution in [0, 0.1) is 5.95 Å². The number of aromatic nitrogens is 1. The van der Waals surface area contributed by atoms with E-state index in [0.717, 1.165) is 12.3 Å². The van der Waals surface area contributed by atoms with Crippen molar-refractivity contribution in [3.63, 3.8) is 0 Å². The van der Waals surface area contributed by atoms with Crippen LogP contribution in [-0.4, -0.2) is 11.0 Å². The Kier molecular flexibility index (Phi) is 2.91. The summed E-state index contributed by atoms with van der Waals surface area (Å²) in [4.78, 5) is 14.9. The SMILES string of the molecule is O=C(Oc1ccc(F)nc1)c1ccccc1. The Morgan fingerprint density at radius 2 is 1.88 bits per heavy atom. The van der Waals surface area contributed by atoms with Gasteiger partial charge in [0.25, 0.3) is 0 Å². The number of hydrogen-bond donors (Lipinski definition) is 0. The average molecular weight is 217 g/mol. The van der Waals surface area contributed by atoms with Crippen molar-refractivity contribution in [3.8, 4) is 5.75 Å². The van der Waals surface area contributed by atoms with Crippen molar-refractivity contribution in [2.45, 2.75) is 0 Å². The predicted molar refractivity (Wildman–Crippen MR) is 55.6 cm³/mol. The van der Waals surface area contributed by atoms with Crippen molar-refractivity contribution in [2.24, 2.45) is 0 Å². The van der Waals surface area contributed by atoms with E-state index >= 15 is 0 Å². The Balaban J connectivity index is 2.11. The number of carbonyl (C=O) groups is 1. The normalized spacial score (nSPS) is 9.81. The highest BCUT2D eigenvalue weighted by Gasteiger charge is 2.07. The maximum atomic E-state index is 12.5. The first-order valence-corrected chi connectivity index (χ1v) is 4.64. The standard InChI is InChI=1S/C12H8FNO2/c13-11-7-6-10(8-14-11)16-12(15)9-4-2-1-3-5-9/h1-8H. The monoisotopic (exact) mass is 217 g/mol. The van der Waals surface area contributed by atoms with E-state index in [1.807, 2.05) is 0 Å². The zero-order valence-electron chi connectivity index (χ0n) is 8.26. The molecule has 0 saturated carbocycles. The topological polar surface area (TPSA) is 39.2 Å². The van der Waals surface area contributed by atoms with Gasteiger partial charge in [-0.1, -0.05) is 18.2 Å². The number of benzene rings is 1. The van der Waals surface area contributed by atoms with Crippen LogP contribution in [-0.2, 0) is 0 Å². The number of ether oxygens (including phenoxy) is 1. The van der Waals surface area contributed by atoms with Crippen LogP contribution in [0.4, 0.5) is 4.39 Å². The molecule has 0 N–H and O–H groups in total. The summed E-state index contributed by atoms with van der Waals surface area (Å²) >= 11 is 0. The Hall–Kier alpha value is -2.23. The lowest BCUT2D eigenvalue weighted by molar-refractivity contribution is 0.0734. The number of halogens is 1. The van der Waals surface area contributed by atoms with Crippen LogP contribution in [0.15, 0.2) is 48.7 Å². The molecule has 0 bridgehead atoms. The molecule has 80 valence electrons. The highest BCUT2D eigenvalue weighted by molar-refractivity contribution is 5.90. The van der Waals surface area contributed by atoms with Crippen LogP contribution in [0.2, 0.25) is 0 Å². The second-order valence-corrected chi connectivity index (χ2v) is 3.07. The number of pyridine rings is 1. The number of carbonyl (C=O) groups excluding carboxylic acids is 1. The minimum absolute atomic E-state index is 0.218. The second kappa shape index (κ2) is 4.53. The molecule has 1 aromatic carbocycles. The molecule has 0 spiro atoms. The summed E-state index contributed by atoms with van der Waals surface area (Å²) in [6.07, 6.45) is 1.16. The average Bonchev–Trinajstić information content (AvgIpc) is 2.33. The van der Waals surface area contributed by atoms with Gasteiger partial charge in [0.2, 0.25) is 5.95 Å². The van der Waals surface area contributed by atoms with Gasteiger partial charge >= 0.3 is 5.97 Å². The van der Waals surface area contributed by atoms with Crippen LogP contribution in [0.1, 0.15) is 10.4 Å². The van der Waals surface area contributed by atoms with E-state index in [-0.39, 0.29) is 5.75 Å². The van der Waals surface area contributed by atoms with E-state index in [1.165, 1.54) is 6.07 Å². The smallest absolute Gasteiger partial charge is 0.343 e. The van der Waals surface area contributed by atoms with E-state index in [0.29, 0.717) is 5.56 Å². The van der Waals surface area contributed by atoms with Gasteiger partial charge in [-0.25, -0.2) is 9.78 Å². The lowest BCUT2D eigenvalue weighted by Crippen LogP contribution is -2.08. The van der Waals surface area contributed by atoms with Crippen molar-refractivity contribution < 1.29 is 13.9 Å². The molecule has 1 heterocycles. The molecular formula is C12H8FNO2. The summed E-state index contributed by atoms with van der Waals surface area (Å²) < 4.78 is 17.5. The van der Waals surface area contributed by atoms with Gasteiger partial charge in [-0.2, -0.15) is 4.39 Å². The summed E-state index contributed by atoms with van der Waals surface area (Å²) in [6, 6.07) is 11.0. The molecule has 4 heteroatoms. The third kappa shape index (κ3) is 2.42. The molecule has 3 nitrogen and oxygen atoms in total. The fourth-order valence-electron chi connectivity index (χ4n) is 1.16. The minimum Gasteiger partial charge on any atom is -0.421 e. The van der Waals surface area contributed by atoms with Gasteiger partial charge in [-0.15, -0.1) is 0 Å². The molecule has 1 aromatic heterocycles. The maximum absolute atomic E-state index is 12.5. The first-order chi connectivity index (χ1) is 7.75. The Morgan fingerprint density at radius 3 is 2.50 bits per heavy atom. The Bertz CT molecular complexity index is 482. The molecule has 2 rings (SSSR count). The Labute approximate surface area is 91.5 Å². The van der Waals surface area contributed by atoms with E-state index in [2.05, 4.69) is 4.98 Å². The highest BCUT2D eigenvalue weighted by Crippen LogP contribution is 2.11. The first-order valence-electron chi connectivity index (χ1n) is 4.64. The molecule has 0 aliphatic heterocycles. The van der Waals surface area contributed by atoms with E-state index < -0.39 is 11.9 Å². The van der Waals surface area contributed by atoms with Gasteiger partial charge in [0.05, 0.1) is 11.8 Å². The van der Waals surface area contributed by atoms with Crippen molar-refractivity contribution in [1.29, 1.82) is 0 Å². The van der Waals surface area contributed by atoms with Gasteiger partial charge in [-0.3, -0.25) is 0 Å². The molecule has 2 aromatic rings. The molecule has 0 aliphatic rings. The van der Waals surface area contributed by atoms with E-state index in [9.17, 15) is 9.18 Å². The van der Waals surface area contributed by atoms with Crippen LogP contribution in [0.5, 0.6) is 5.75 Å². The van der Waals surface area contributed by atoms with Crippen LogP contribution in [0.3, 0.4) is 0 Å². The third-order valence-electron chi connectivity index (χ3n) is 1.92. The molecule has 0 atom stereocenters. The molecule has 0 radical (unpaired) electrons. The second-order valence-electron chi connectivity index (χ2n) is 3.07. The molecular weight excluding hydrogens is 209 g/mol. The van der Waals surface area contributed by atoms with Gasteiger partial charge in [0.1, 0.15) is 5.75 Å². The summed E-state index contributed by atoms with van der Waals surface area (Å²) in [7, 11) is 0. The van der Waals surface area contributed by atoms with Crippen LogP contribution in [0.25, 0.3) is 0 Å². The molecule has 0 saturated heterocycles. The number of hydrogen-bond acceptors (Lipinski definition) is 3. The number of rotatable bonds is 2. The molecule has 0 amide bonds. The fraction of sp³-hybridized carbons (Fsp3) is 0. The minimum atomic E-state index is -0.612. The first kappa shape index (κ1) is 10.3. The molecule has 0 fully saturated rings. The fourth-order valence-corrected chi connectivity index (χ4v) is 1.16. The van der Waals surface area contributed by atoms with E-state index in [1.54, 1.807) is 30.3 Å². The zero-order chi connectivity index (χ0) is 11.4. The van der Waals surface area contributed by atoms with Crippen molar-refractivity contribution in [3.05, 3.63) is 60.2 Å². The number of nitrogens with zero attached hydrogens (tertiary/aromatic N) is 1.